The molecule has 0 unspecified atom stereocenters. The van der Waals surface area contributed by atoms with Crippen LogP contribution in [0.3, 0.4) is 0 Å². The minimum absolute atomic E-state index is 0.296. The molecule has 5 nitrogen and oxygen atoms in total. The van der Waals surface area contributed by atoms with Crippen molar-refractivity contribution in [1.29, 1.82) is 0 Å². The second-order valence-electron chi connectivity index (χ2n) is 7.11. The smallest absolute Gasteiger partial charge is 0.351 e. The first-order valence-electron chi connectivity index (χ1n) is 8.29. The molecular formula is C19H23FN2O3S. The van der Waals surface area contributed by atoms with Crippen molar-refractivity contribution in [3.05, 3.63) is 51.2 Å². The van der Waals surface area contributed by atoms with E-state index in [0.29, 0.717) is 17.0 Å². The number of thiazole rings is 1. The van der Waals surface area contributed by atoms with E-state index in [9.17, 15) is 14.0 Å². The van der Waals surface area contributed by atoms with Crippen molar-refractivity contribution in [3.63, 3.8) is 0 Å². The molecule has 140 valence electrons. The predicted octanol–water partition coefficient (Wildman–Crippen LogP) is 3.64. The van der Waals surface area contributed by atoms with Gasteiger partial charge >= 0.3 is 5.97 Å². The monoisotopic (exact) mass is 378 g/mol. The van der Waals surface area contributed by atoms with Crippen LogP contribution in [0.4, 0.5) is 4.39 Å². The minimum Gasteiger partial charge on any atom is -0.448 e. The molecule has 1 amide bonds. The zero-order valence-corrected chi connectivity index (χ0v) is 16.4. The number of carbonyl (C=O) groups is 2. The lowest BCUT2D eigenvalue weighted by atomic mass is 10.1. The molecule has 1 N–H and O–H groups in total. The molecule has 0 spiro atoms. The number of ether oxygens (including phenoxy) is 1. The number of carbonyl (C=O) groups excluding carboxylic acids is 2. The SMILES string of the molecule is Cc1nc(Cc2ccc(F)cc2)sc1C(=O)O[C@H](C)C(=O)NC(C)(C)C. The van der Waals surface area contributed by atoms with Gasteiger partial charge in [-0.15, -0.1) is 11.3 Å². The number of amides is 1. The van der Waals surface area contributed by atoms with Gasteiger partial charge in [0.2, 0.25) is 0 Å². The highest BCUT2D eigenvalue weighted by atomic mass is 32.1. The van der Waals surface area contributed by atoms with E-state index in [1.807, 2.05) is 20.8 Å². The molecule has 0 radical (unpaired) electrons. The number of aromatic nitrogens is 1. The molecule has 0 fully saturated rings. The Kier molecular flexibility index (Phi) is 6.13. The summed E-state index contributed by atoms with van der Waals surface area (Å²) in [6.07, 6.45) is -0.400. The molecule has 0 saturated carbocycles. The van der Waals surface area contributed by atoms with Gasteiger partial charge in [-0.1, -0.05) is 12.1 Å². The zero-order valence-electron chi connectivity index (χ0n) is 15.6. The summed E-state index contributed by atoms with van der Waals surface area (Å²) in [5, 5.41) is 3.50. The normalized spacial score (nSPS) is 12.5. The van der Waals surface area contributed by atoms with E-state index in [1.54, 1.807) is 19.1 Å². The first-order chi connectivity index (χ1) is 12.0. The molecule has 1 atom stereocenters. The highest BCUT2D eigenvalue weighted by Crippen LogP contribution is 2.22. The van der Waals surface area contributed by atoms with Crippen LogP contribution in [0.25, 0.3) is 0 Å². The van der Waals surface area contributed by atoms with E-state index in [2.05, 4.69) is 10.3 Å². The largest absolute Gasteiger partial charge is 0.448 e. The van der Waals surface area contributed by atoms with E-state index in [4.69, 9.17) is 4.74 Å². The zero-order chi connectivity index (χ0) is 19.5. The topological polar surface area (TPSA) is 68.3 Å². The summed E-state index contributed by atoms with van der Waals surface area (Å²) < 4.78 is 18.3. The first kappa shape index (κ1) is 20.0. The molecule has 0 aliphatic rings. The van der Waals surface area contributed by atoms with Crippen molar-refractivity contribution in [2.24, 2.45) is 0 Å². The van der Waals surface area contributed by atoms with E-state index >= 15 is 0 Å². The molecule has 1 aromatic heterocycles. The lowest BCUT2D eigenvalue weighted by molar-refractivity contribution is -0.130. The second kappa shape index (κ2) is 7.95. The maximum Gasteiger partial charge on any atom is 0.351 e. The van der Waals surface area contributed by atoms with Gasteiger partial charge in [0, 0.05) is 12.0 Å². The van der Waals surface area contributed by atoms with E-state index < -0.39 is 17.6 Å². The van der Waals surface area contributed by atoms with Crippen molar-refractivity contribution in [1.82, 2.24) is 10.3 Å². The van der Waals surface area contributed by atoms with Crippen LogP contribution in [0, 0.1) is 12.7 Å². The third-order valence-electron chi connectivity index (χ3n) is 3.45. The van der Waals surface area contributed by atoms with E-state index in [1.165, 1.54) is 30.4 Å². The maximum absolute atomic E-state index is 13.0. The first-order valence-corrected chi connectivity index (χ1v) is 9.10. The van der Waals surface area contributed by atoms with Crippen LogP contribution in [-0.4, -0.2) is 28.5 Å². The highest BCUT2D eigenvalue weighted by Gasteiger charge is 2.25. The van der Waals surface area contributed by atoms with Crippen molar-refractivity contribution >= 4 is 23.2 Å². The molecule has 2 aromatic rings. The van der Waals surface area contributed by atoms with Gasteiger partial charge in [0.1, 0.15) is 10.7 Å². The number of hydrogen-bond donors (Lipinski definition) is 1. The Bertz CT molecular complexity index is 794. The van der Waals surface area contributed by atoms with Gasteiger partial charge in [0.15, 0.2) is 6.10 Å². The van der Waals surface area contributed by atoms with Crippen LogP contribution < -0.4 is 5.32 Å². The summed E-state index contributed by atoms with van der Waals surface area (Å²) >= 11 is 1.22. The highest BCUT2D eigenvalue weighted by molar-refractivity contribution is 7.13. The number of nitrogens with one attached hydrogen (secondary N) is 1. The Morgan fingerprint density at radius 3 is 2.46 bits per heavy atom. The van der Waals surface area contributed by atoms with Gasteiger partial charge in [-0.25, -0.2) is 14.2 Å². The Balaban J connectivity index is 2.04. The third kappa shape index (κ3) is 5.62. The molecule has 0 aliphatic heterocycles. The molecule has 1 heterocycles. The van der Waals surface area contributed by atoms with Crippen LogP contribution in [0.15, 0.2) is 24.3 Å². The Labute approximate surface area is 156 Å². The Hall–Kier alpha value is -2.28. The number of nitrogens with zero attached hydrogens (tertiary/aromatic N) is 1. The van der Waals surface area contributed by atoms with Gasteiger partial charge in [0.25, 0.3) is 5.91 Å². The van der Waals surface area contributed by atoms with Crippen LogP contribution in [-0.2, 0) is 16.0 Å². The standard InChI is InChI=1S/C19H23FN2O3S/c1-11-16(18(24)25-12(2)17(23)22-19(3,4)5)26-15(21-11)10-13-6-8-14(20)9-7-13/h6-9,12H,10H2,1-5H3,(H,22,23)/t12-/m1/s1. The van der Waals surface area contributed by atoms with Crippen LogP contribution in [0.1, 0.15) is 53.6 Å². The summed E-state index contributed by atoms with van der Waals surface area (Å²) in [6.45, 7) is 8.83. The van der Waals surface area contributed by atoms with E-state index in [-0.39, 0.29) is 11.7 Å². The molecular weight excluding hydrogens is 355 g/mol. The van der Waals surface area contributed by atoms with Crippen LogP contribution in [0.2, 0.25) is 0 Å². The number of aryl methyl sites for hydroxylation is 1. The summed E-state index contributed by atoms with van der Waals surface area (Å²) in [5.74, 6) is -1.21. The quantitative estimate of drug-likeness (QED) is 0.807. The fraction of sp³-hybridized carbons (Fsp3) is 0.421. The van der Waals surface area contributed by atoms with Crippen molar-refractivity contribution in [3.8, 4) is 0 Å². The lowest BCUT2D eigenvalue weighted by Gasteiger charge is -2.23. The number of rotatable bonds is 5. The molecule has 0 aliphatic carbocycles. The van der Waals surface area contributed by atoms with Gasteiger partial charge in [-0.05, 0) is 52.3 Å². The maximum atomic E-state index is 13.0. The van der Waals surface area contributed by atoms with E-state index in [0.717, 1.165) is 10.6 Å². The summed E-state index contributed by atoms with van der Waals surface area (Å²) in [7, 11) is 0. The number of hydrogen-bond acceptors (Lipinski definition) is 5. The fourth-order valence-electron chi connectivity index (χ4n) is 2.23. The minimum atomic E-state index is -0.899. The molecule has 0 saturated heterocycles. The Morgan fingerprint density at radius 2 is 1.88 bits per heavy atom. The summed E-state index contributed by atoms with van der Waals surface area (Å²) in [5.41, 5.74) is 1.05. The summed E-state index contributed by atoms with van der Waals surface area (Å²) in [4.78, 5) is 29.2. The molecule has 2 rings (SSSR count). The van der Waals surface area contributed by atoms with Gasteiger partial charge in [-0.2, -0.15) is 0 Å². The predicted molar refractivity (Wildman–Crippen MR) is 98.8 cm³/mol. The van der Waals surface area contributed by atoms with Crippen LogP contribution in [0.5, 0.6) is 0 Å². The van der Waals surface area contributed by atoms with Crippen molar-refractivity contribution < 1.29 is 18.7 Å². The molecule has 26 heavy (non-hydrogen) atoms. The van der Waals surface area contributed by atoms with Gasteiger partial charge in [-0.3, -0.25) is 4.79 Å². The average Bonchev–Trinajstić information content (AvgIpc) is 2.88. The van der Waals surface area contributed by atoms with Crippen molar-refractivity contribution in [2.45, 2.75) is 52.7 Å². The van der Waals surface area contributed by atoms with Crippen molar-refractivity contribution in [2.75, 3.05) is 0 Å². The second-order valence-corrected chi connectivity index (χ2v) is 8.20. The van der Waals surface area contributed by atoms with Crippen LogP contribution >= 0.6 is 11.3 Å². The summed E-state index contributed by atoms with van der Waals surface area (Å²) in [6, 6.07) is 6.15. The average molecular weight is 378 g/mol. The van der Waals surface area contributed by atoms with Gasteiger partial charge < -0.3 is 10.1 Å². The molecule has 7 heteroatoms. The fourth-order valence-corrected chi connectivity index (χ4v) is 3.21. The third-order valence-corrected chi connectivity index (χ3v) is 4.58. The number of benzene rings is 1. The molecule has 1 aromatic carbocycles. The number of halogens is 1. The molecule has 0 bridgehead atoms. The number of esters is 1. The van der Waals surface area contributed by atoms with Gasteiger partial charge in [0.05, 0.1) is 10.7 Å². The Morgan fingerprint density at radius 1 is 1.27 bits per heavy atom. The lowest BCUT2D eigenvalue weighted by Crippen LogP contribution is -2.46.